The van der Waals surface area contributed by atoms with Crippen LogP contribution in [0.2, 0.25) is 0 Å². The zero-order valence-corrected chi connectivity index (χ0v) is 13.6. The molecule has 2 aromatic rings. The topological polar surface area (TPSA) is 26.3 Å². The quantitative estimate of drug-likeness (QED) is 0.752. The molecule has 3 aliphatic rings. The Morgan fingerprint density at radius 1 is 1.27 bits per heavy atom. The van der Waals surface area contributed by atoms with Gasteiger partial charge in [0.25, 0.3) is 0 Å². The van der Waals surface area contributed by atoms with Gasteiger partial charge in [0.2, 0.25) is 0 Å². The second kappa shape index (κ2) is 4.58. The molecule has 2 saturated carbocycles. The monoisotopic (exact) mass is 312 g/mol. The highest BCUT2D eigenvalue weighted by molar-refractivity contribution is 7.19. The van der Waals surface area contributed by atoms with Gasteiger partial charge in [0, 0.05) is 15.5 Å². The summed E-state index contributed by atoms with van der Waals surface area (Å²) in [6.45, 7) is 0. The van der Waals surface area contributed by atoms with Crippen molar-refractivity contribution in [1.29, 1.82) is 0 Å². The maximum Gasteiger partial charge on any atom is 0.306 e. The third kappa shape index (κ3) is 1.58. The van der Waals surface area contributed by atoms with Gasteiger partial charge in [0.1, 0.15) is 0 Å². The average Bonchev–Trinajstić information content (AvgIpc) is 3.26. The second-order valence-electron chi connectivity index (χ2n) is 7.20. The Bertz CT molecular complexity index is 762. The van der Waals surface area contributed by atoms with Gasteiger partial charge in [-0.1, -0.05) is 18.2 Å². The van der Waals surface area contributed by atoms with Crippen LogP contribution < -0.4 is 0 Å². The van der Waals surface area contributed by atoms with Crippen molar-refractivity contribution in [1.82, 2.24) is 0 Å². The van der Waals surface area contributed by atoms with E-state index in [4.69, 9.17) is 4.74 Å². The normalized spacial score (nSPS) is 34.9. The van der Waals surface area contributed by atoms with E-state index in [1.807, 2.05) is 11.3 Å². The summed E-state index contributed by atoms with van der Waals surface area (Å²) in [5.41, 5.74) is 1.60. The molecule has 1 aromatic heterocycles. The van der Waals surface area contributed by atoms with Gasteiger partial charge >= 0.3 is 5.97 Å². The van der Waals surface area contributed by atoms with Crippen LogP contribution >= 0.6 is 11.3 Å². The van der Waals surface area contributed by atoms with Crippen molar-refractivity contribution < 1.29 is 9.53 Å². The van der Waals surface area contributed by atoms with Crippen molar-refractivity contribution in [3.63, 3.8) is 0 Å². The zero-order valence-electron chi connectivity index (χ0n) is 12.7. The Morgan fingerprint density at radius 2 is 2.09 bits per heavy atom. The van der Waals surface area contributed by atoms with Crippen LogP contribution in [-0.4, -0.2) is 13.1 Å². The van der Waals surface area contributed by atoms with E-state index in [1.54, 1.807) is 5.56 Å². The third-order valence-electron chi connectivity index (χ3n) is 6.39. The van der Waals surface area contributed by atoms with Crippen LogP contribution in [0.3, 0.4) is 0 Å². The lowest BCUT2D eigenvalue weighted by molar-refractivity contribution is -0.141. The third-order valence-corrected chi connectivity index (χ3v) is 7.71. The summed E-state index contributed by atoms with van der Waals surface area (Å²) in [4.78, 5) is 13.5. The van der Waals surface area contributed by atoms with Crippen molar-refractivity contribution in [3.05, 3.63) is 34.7 Å². The van der Waals surface area contributed by atoms with Crippen molar-refractivity contribution in [2.45, 2.75) is 37.5 Å². The van der Waals surface area contributed by atoms with Crippen LogP contribution in [0, 0.1) is 17.8 Å². The molecule has 0 amide bonds. The smallest absolute Gasteiger partial charge is 0.306 e. The van der Waals surface area contributed by atoms with Crippen molar-refractivity contribution >= 4 is 27.4 Å². The molecule has 2 bridgehead atoms. The summed E-state index contributed by atoms with van der Waals surface area (Å²) in [6, 6.07) is 8.80. The molecule has 0 spiro atoms. The molecular formula is C19H20O2S. The van der Waals surface area contributed by atoms with Gasteiger partial charge < -0.3 is 4.74 Å². The van der Waals surface area contributed by atoms with Gasteiger partial charge in [0.15, 0.2) is 0 Å². The predicted octanol–water partition coefficient (Wildman–Crippen LogP) is 4.69. The molecule has 5 rings (SSSR count). The molecule has 22 heavy (non-hydrogen) atoms. The van der Waals surface area contributed by atoms with E-state index in [0.717, 1.165) is 11.8 Å². The molecule has 5 atom stereocenters. The molecule has 0 saturated heterocycles. The minimum Gasteiger partial charge on any atom is -0.469 e. The second-order valence-corrected chi connectivity index (χ2v) is 8.28. The summed E-state index contributed by atoms with van der Waals surface area (Å²) in [5, 5.41) is 1.46. The van der Waals surface area contributed by atoms with Crippen LogP contribution in [0.4, 0.5) is 0 Å². The predicted molar refractivity (Wildman–Crippen MR) is 88.3 cm³/mol. The number of esters is 1. The number of carbonyl (C=O) groups is 1. The first-order valence-electron chi connectivity index (χ1n) is 8.36. The van der Waals surface area contributed by atoms with Gasteiger partial charge in [0.05, 0.1) is 13.5 Å². The summed E-state index contributed by atoms with van der Waals surface area (Å²) < 4.78 is 6.39. The highest BCUT2D eigenvalue weighted by atomic mass is 32.1. The molecule has 1 aromatic carbocycles. The van der Waals surface area contributed by atoms with E-state index in [0.29, 0.717) is 24.2 Å². The Hall–Kier alpha value is -1.35. The van der Waals surface area contributed by atoms with Gasteiger partial charge in [-0.2, -0.15) is 0 Å². The van der Waals surface area contributed by atoms with E-state index < -0.39 is 0 Å². The molecular weight excluding hydrogens is 292 g/mol. The Labute approximate surface area is 134 Å². The standard InChI is InChI=1S/C19H20O2S/c1-21-15(20)9-13-16-10-6-7-11(8-10)17(16)18-12-4-2-3-5-14(12)22-19(13)18/h2-5,10-11,13,16-17H,6-9H2,1H3/t10-,11+,13-,16-,17-/m0/s1. The Kier molecular flexibility index (Phi) is 2.73. The van der Waals surface area contributed by atoms with Gasteiger partial charge in [-0.15, -0.1) is 11.3 Å². The van der Waals surface area contributed by atoms with Crippen LogP contribution in [0.25, 0.3) is 10.1 Å². The van der Waals surface area contributed by atoms with Crippen LogP contribution in [0.1, 0.15) is 48.0 Å². The number of hydrogen-bond acceptors (Lipinski definition) is 3. The Morgan fingerprint density at radius 3 is 2.95 bits per heavy atom. The number of thiophene rings is 1. The molecule has 3 aliphatic carbocycles. The first-order chi connectivity index (χ1) is 10.8. The lowest BCUT2D eigenvalue weighted by Crippen LogP contribution is -2.22. The number of methoxy groups -OCH3 is 1. The van der Waals surface area contributed by atoms with Gasteiger partial charge in [-0.05, 0) is 60.0 Å². The molecule has 114 valence electrons. The SMILES string of the molecule is COC(=O)C[C@@H]1c2sc3ccccc3c2[C@H]2[C@@H]3CC[C@@H](C3)[C@H]21. The number of fused-ring (bicyclic) bond motifs is 9. The fourth-order valence-electron chi connectivity index (χ4n) is 5.71. The zero-order chi connectivity index (χ0) is 14.8. The lowest BCUT2D eigenvalue weighted by Gasteiger charge is -2.29. The average molecular weight is 312 g/mol. The maximum atomic E-state index is 12.0. The lowest BCUT2D eigenvalue weighted by atomic mass is 9.75. The Balaban J connectivity index is 1.68. The van der Waals surface area contributed by atoms with Crippen LogP contribution in [0.15, 0.2) is 24.3 Å². The summed E-state index contributed by atoms with van der Waals surface area (Å²) in [6.07, 6.45) is 4.72. The van der Waals surface area contributed by atoms with E-state index in [-0.39, 0.29) is 5.97 Å². The van der Waals surface area contributed by atoms with Crippen molar-refractivity contribution in [3.8, 4) is 0 Å². The van der Waals surface area contributed by atoms with Crippen molar-refractivity contribution in [2.75, 3.05) is 7.11 Å². The number of benzene rings is 1. The van der Waals surface area contributed by atoms with Crippen LogP contribution in [0.5, 0.6) is 0 Å². The molecule has 2 fully saturated rings. The number of carbonyl (C=O) groups excluding carboxylic acids is 1. The summed E-state index contributed by atoms with van der Waals surface area (Å²) in [7, 11) is 1.52. The fourth-order valence-corrected chi connectivity index (χ4v) is 7.13. The summed E-state index contributed by atoms with van der Waals surface area (Å²) >= 11 is 1.93. The largest absolute Gasteiger partial charge is 0.469 e. The van der Waals surface area contributed by atoms with E-state index in [9.17, 15) is 4.79 Å². The minimum atomic E-state index is -0.0446. The number of rotatable bonds is 2. The van der Waals surface area contributed by atoms with Crippen molar-refractivity contribution in [2.24, 2.45) is 17.8 Å². The molecule has 0 aliphatic heterocycles. The maximum absolute atomic E-state index is 12.0. The number of hydrogen-bond donors (Lipinski definition) is 0. The highest BCUT2D eigenvalue weighted by Gasteiger charge is 2.57. The summed E-state index contributed by atoms with van der Waals surface area (Å²) in [5.74, 6) is 3.46. The van der Waals surface area contributed by atoms with E-state index in [2.05, 4.69) is 24.3 Å². The highest BCUT2D eigenvalue weighted by Crippen LogP contribution is 2.68. The van der Waals surface area contributed by atoms with E-state index in [1.165, 1.54) is 41.3 Å². The molecule has 0 N–H and O–H groups in total. The molecule has 0 radical (unpaired) electrons. The molecule has 0 unspecified atom stereocenters. The van der Waals surface area contributed by atoms with E-state index >= 15 is 0 Å². The minimum absolute atomic E-state index is 0.0446. The molecule has 1 heterocycles. The number of ether oxygens (including phenoxy) is 1. The van der Waals surface area contributed by atoms with Crippen LogP contribution in [-0.2, 0) is 9.53 Å². The first-order valence-corrected chi connectivity index (χ1v) is 9.17. The van der Waals surface area contributed by atoms with Gasteiger partial charge in [-0.25, -0.2) is 0 Å². The first kappa shape index (κ1) is 13.1. The molecule has 3 heteroatoms. The molecule has 2 nitrogen and oxygen atoms in total. The van der Waals surface area contributed by atoms with Gasteiger partial charge in [-0.3, -0.25) is 4.79 Å². The fraction of sp³-hybridized carbons (Fsp3) is 0.526.